The molecule has 0 aliphatic carbocycles. The first-order valence-electron chi connectivity index (χ1n) is 6.34. The fourth-order valence-corrected chi connectivity index (χ4v) is 1.66. The van der Waals surface area contributed by atoms with Gasteiger partial charge in [0, 0.05) is 19.3 Å². The Labute approximate surface area is 114 Å². The van der Waals surface area contributed by atoms with Gasteiger partial charge in [0.15, 0.2) is 0 Å². The average Bonchev–Trinajstić information content (AvgIpc) is 2.45. The van der Waals surface area contributed by atoms with Crippen LogP contribution in [-0.4, -0.2) is 39.1 Å². The summed E-state index contributed by atoms with van der Waals surface area (Å²) < 4.78 is 0. The van der Waals surface area contributed by atoms with E-state index in [1.54, 1.807) is 0 Å². The molecule has 0 spiro atoms. The van der Waals surface area contributed by atoms with Gasteiger partial charge in [0.2, 0.25) is 5.91 Å². The lowest BCUT2D eigenvalue weighted by Crippen LogP contribution is -2.35. The molecular formula is C14H20N4O. The standard InChI is InChI=1S/C14H20N4O/c1-18(13-6-3-2-4-7-13)11-5-9-16-12-14(19)17-10-8-15/h2-4,6-7,16H,5,9-12H2,1H3,(H,17,19). The molecule has 19 heavy (non-hydrogen) atoms. The second kappa shape index (κ2) is 8.95. The summed E-state index contributed by atoms with van der Waals surface area (Å²) in [6.45, 7) is 2.03. The van der Waals surface area contributed by atoms with Crippen LogP contribution >= 0.6 is 0 Å². The number of hydrogen-bond acceptors (Lipinski definition) is 4. The van der Waals surface area contributed by atoms with Crippen molar-refractivity contribution in [1.82, 2.24) is 10.6 Å². The van der Waals surface area contributed by atoms with Gasteiger partial charge in [-0.1, -0.05) is 18.2 Å². The summed E-state index contributed by atoms with van der Waals surface area (Å²) in [4.78, 5) is 13.4. The zero-order chi connectivity index (χ0) is 13.9. The Morgan fingerprint density at radius 2 is 2.11 bits per heavy atom. The van der Waals surface area contributed by atoms with Gasteiger partial charge >= 0.3 is 0 Å². The van der Waals surface area contributed by atoms with E-state index in [0.717, 1.165) is 19.5 Å². The van der Waals surface area contributed by atoms with Crippen LogP contribution in [-0.2, 0) is 4.79 Å². The van der Waals surface area contributed by atoms with Crippen LogP contribution in [0, 0.1) is 11.3 Å². The number of nitriles is 1. The van der Waals surface area contributed by atoms with Crippen LogP contribution in [0.3, 0.4) is 0 Å². The Balaban J connectivity index is 2.08. The van der Waals surface area contributed by atoms with Crippen LogP contribution in [0.15, 0.2) is 30.3 Å². The molecule has 1 aromatic rings. The van der Waals surface area contributed by atoms with Gasteiger partial charge in [-0.05, 0) is 25.1 Å². The van der Waals surface area contributed by atoms with Crippen molar-refractivity contribution in [2.45, 2.75) is 6.42 Å². The lowest BCUT2D eigenvalue weighted by Gasteiger charge is -2.19. The molecule has 0 aliphatic heterocycles. The zero-order valence-electron chi connectivity index (χ0n) is 11.2. The predicted octanol–water partition coefficient (Wildman–Crippen LogP) is 0.742. The first kappa shape index (κ1) is 15.0. The molecule has 0 atom stereocenters. The second-order valence-electron chi connectivity index (χ2n) is 4.22. The number of nitrogens with zero attached hydrogens (tertiary/aromatic N) is 2. The topological polar surface area (TPSA) is 68.2 Å². The minimum atomic E-state index is -0.141. The van der Waals surface area contributed by atoms with E-state index in [4.69, 9.17) is 5.26 Å². The fraction of sp³-hybridized carbons (Fsp3) is 0.429. The number of anilines is 1. The van der Waals surface area contributed by atoms with Crippen LogP contribution in [0.5, 0.6) is 0 Å². The number of amides is 1. The SMILES string of the molecule is CN(CCCNCC(=O)NCC#N)c1ccccc1. The van der Waals surface area contributed by atoms with Crippen molar-refractivity contribution < 1.29 is 4.79 Å². The third-order valence-electron chi connectivity index (χ3n) is 2.69. The molecule has 1 amide bonds. The smallest absolute Gasteiger partial charge is 0.234 e. The van der Waals surface area contributed by atoms with E-state index in [9.17, 15) is 4.79 Å². The highest BCUT2D eigenvalue weighted by Crippen LogP contribution is 2.10. The van der Waals surface area contributed by atoms with E-state index < -0.39 is 0 Å². The molecule has 0 saturated carbocycles. The fourth-order valence-electron chi connectivity index (χ4n) is 1.66. The lowest BCUT2D eigenvalue weighted by molar-refractivity contribution is -0.120. The van der Waals surface area contributed by atoms with Gasteiger partial charge in [-0.3, -0.25) is 4.79 Å². The Morgan fingerprint density at radius 1 is 1.37 bits per heavy atom. The molecule has 1 rings (SSSR count). The van der Waals surface area contributed by atoms with Crippen LogP contribution < -0.4 is 15.5 Å². The van der Waals surface area contributed by atoms with Gasteiger partial charge in [-0.15, -0.1) is 0 Å². The van der Waals surface area contributed by atoms with Crippen molar-refractivity contribution in [1.29, 1.82) is 5.26 Å². The molecule has 1 aromatic carbocycles. The first-order chi connectivity index (χ1) is 9.24. The van der Waals surface area contributed by atoms with Crippen molar-refractivity contribution in [3.63, 3.8) is 0 Å². The van der Waals surface area contributed by atoms with E-state index >= 15 is 0 Å². The van der Waals surface area contributed by atoms with E-state index in [0.29, 0.717) is 0 Å². The molecule has 0 fully saturated rings. The molecule has 5 nitrogen and oxygen atoms in total. The highest BCUT2D eigenvalue weighted by Gasteiger charge is 2.01. The summed E-state index contributed by atoms with van der Waals surface area (Å²) in [5, 5.41) is 13.8. The van der Waals surface area contributed by atoms with Gasteiger partial charge in [-0.2, -0.15) is 5.26 Å². The summed E-state index contributed by atoms with van der Waals surface area (Å²) in [5.41, 5.74) is 1.19. The summed E-state index contributed by atoms with van der Waals surface area (Å²) in [5.74, 6) is -0.141. The highest BCUT2D eigenvalue weighted by atomic mass is 16.1. The van der Waals surface area contributed by atoms with Crippen LogP contribution in [0.4, 0.5) is 5.69 Å². The van der Waals surface area contributed by atoms with E-state index in [1.165, 1.54) is 5.69 Å². The number of para-hydroxylation sites is 1. The van der Waals surface area contributed by atoms with E-state index in [2.05, 4.69) is 34.7 Å². The summed E-state index contributed by atoms with van der Waals surface area (Å²) in [6.07, 6.45) is 0.955. The zero-order valence-corrected chi connectivity index (χ0v) is 11.2. The van der Waals surface area contributed by atoms with Gasteiger partial charge in [0.25, 0.3) is 0 Å². The molecule has 0 unspecified atom stereocenters. The molecule has 0 saturated heterocycles. The minimum absolute atomic E-state index is 0.0667. The maximum Gasteiger partial charge on any atom is 0.234 e. The number of carbonyl (C=O) groups excluding carboxylic acids is 1. The lowest BCUT2D eigenvalue weighted by atomic mass is 10.3. The molecule has 0 heterocycles. The Morgan fingerprint density at radius 3 is 2.79 bits per heavy atom. The second-order valence-corrected chi connectivity index (χ2v) is 4.22. The minimum Gasteiger partial charge on any atom is -0.375 e. The summed E-state index contributed by atoms with van der Waals surface area (Å²) in [7, 11) is 2.05. The molecule has 0 aliphatic rings. The molecule has 0 aromatic heterocycles. The van der Waals surface area contributed by atoms with E-state index in [1.807, 2.05) is 24.3 Å². The van der Waals surface area contributed by atoms with Gasteiger partial charge in [0.1, 0.15) is 6.54 Å². The average molecular weight is 260 g/mol. The van der Waals surface area contributed by atoms with Gasteiger partial charge < -0.3 is 15.5 Å². The van der Waals surface area contributed by atoms with Crippen molar-refractivity contribution in [3.8, 4) is 6.07 Å². The van der Waals surface area contributed by atoms with Crippen LogP contribution in [0.1, 0.15) is 6.42 Å². The Kier molecular flexibility index (Phi) is 7.06. The molecule has 2 N–H and O–H groups in total. The van der Waals surface area contributed by atoms with Crippen molar-refractivity contribution in [3.05, 3.63) is 30.3 Å². The van der Waals surface area contributed by atoms with Crippen molar-refractivity contribution in [2.75, 3.05) is 38.1 Å². The molecule has 5 heteroatoms. The third kappa shape index (κ3) is 6.43. The normalized spacial score (nSPS) is 9.68. The van der Waals surface area contributed by atoms with Crippen LogP contribution in [0.2, 0.25) is 0 Å². The quantitative estimate of drug-likeness (QED) is 0.534. The number of benzene rings is 1. The monoisotopic (exact) mass is 260 g/mol. The molecule has 0 radical (unpaired) electrons. The number of hydrogen-bond donors (Lipinski definition) is 2. The maximum atomic E-state index is 11.2. The van der Waals surface area contributed by atoms with E-state index in [-0.39, 0.29) is 19.0 Å². The number of rotatable bonds is 8. The molecular weight excluding hydrogens is 240 g/mol. The number of nitrogens with one attached hydrogen (secondary N) is 2. The largest absolute Gasteiger partial charge is 0.375 e. The molecule has 0 bridgehead atoms. The first-order valence-corrected chi connectivity index (χ1v) is 6.34. The Bertz CT molecular complexity index is 413. The molecule has 102 valence electrons. The Hall–Kier alpha value is -2.06. The van der Waals surface area contributed by atoms with Crippen molar-refractivity contribution in [2.24, 2.45) is 0 Å². The predicted molar refractivity (Wildman–Crippen MR) is 75.8 cm³/mol. The summed E-state index contributed by atoms with van der Waals surface area (Å²) >= 11 is 0. The third-order valence-corrected chi connectivity index (χ3v) is 2.69. The van der Waals surface area contributed by atoms with Gasteiger partial charge in [0.05, 0.1) is 12.6 Å². The van der Waals surface area contributed by atoms with Crippen LogP contribution in [0.25, 0.3) is 0 Å². The maximum absolute atomic E-state index is 11.2. The highest BCUT2D eigenvalue weighted by molar-refractivity contribution is 5.78. The van der Waals surface area contributed by atoms with Gasteiger partial charge in [-0.25, -0.2) is 0 Å². The number of carbonyl (C=O) groups is 1. The van der Waals surface area contributed by atoms with Crippen molar-refractivity contribution >= 4 is 11.6 Å². The summed E-state index contributed by atoms with van der Waals surface area (Å²) in [6, 6.07) is 12.0.